The molecule has 1 fully saturated rings. The van der Waals surface area contributed by atoms with Crippen molar-refractivity contribution in [1.29, 1.82) is 0 Å². The molecule has 1 aromatic heterocycles. The number of nitrogens with zero attached hydrogens (tertiary/aromatic N) is 2. The van der Waals surface area contributed by atoms with Crippen molar-refractivity contribution >= 4 is 0 Å². The van der Waals surface area contributed by atoms with Gasteiger partial charge in [-0.1, -0.05) is 5.16 Å². The summed E-state index contributed by atoms with van der Waals surface area (Å²) in [6.07, 6.45) is 0.244. The van der Waals surface area contributed by atoms with Gasteiger partial charge >= 0.3 is 0 Å². The average Bonchev–Trinajstić information content (AvgIpc) is 2.95. The van der Waals surface area contributed by atoms with Crippen LogP contribution in [0, 0.1) is 0 Å². The highest BCUT2D eigenvalue weighted by Gasteiger charge is 2.33. The normalized spacial score (nSPS) is 25.6. The van der Waals surface area contributed by atoms with Gasteiger partial charge in [0.05, 0.1) is 24.4 Å². The van der Waals surface area contributed by atoms with Gasteiger partial charge in [0.1, 0.15) is 0 Å². The summed E-state index contributed by atoms with van der Waals surface area (Å²) in [7, 11) is 3.42. The number of ether oxygens (including phenoxy) is 2. The van der Waals surface area contributed by atoms with Crippen LogP contribution in [-0.4, -0.2) is 49.6 Å². The van der Waals surface area contributed by atoms with Crippen molar-refractivity contribution in [3.05, 3.63) is 17.5 Å². The predicted molar refractivity (Wildman–Crippen MR) is 61.3 cm³/mol. The zero-order valence-electron chi connectivity index (χ0n) is 10.3. The Kier molecular flexibility index (Phi) is 4.11. The molecule has 0 bridgehead atoms. The lowest BCUT2D eigenvalue weighted by Gasteiger charge is -2.13. The maximum Gasteiger partial charge on any atom is 0.151 e. The predicted octanol–water partition coefficient (Wildman–Crippen LogP) is -0.0211. The number of nitrogens with two attached hydrogens (primary N) is 1. The molecule has 2 atom stereocenters. The summed E-state index contributed by atoms with van der Waals surface area (Å²) >= 11 is 0. The fourth-order valence-electron chi connectivity index (χ4n) is 2.15. The van der Waals surface area contributed by atoms with Crippen LogP contribution < -0.4 is 5.73 Å². The Morgan fingerprint density at radius 2 is 2.06 bits per heavy atom. The lowest BCUT2D eigenvalue weighted by atomic mass is 10.3. The second-order valence-electron chi connectivity index (χ2n) is 4.23. The second-order valence-corrected chi connectivity index (χ2v) is 4.23. The first-order valence-corrected chi connectivity index (χ1v) is 5.69. The van der Waals surface area contributed by atoms with Crippen LogP contribution in [0.4, 0.5) is 0 Å². The van der Waals surface area contributed by atoms with E-state index < -0.39 is 0 Å². The van der Waals surface area contributed by atoms with E-state index in [1.165, 1.54) is 0 Å². The first-order chi connectivity index (χ1) is 8.26. The molecule has 0 amide bonds. The molecule has 0 aliphatic carbocycles. The topological polar surface area (TPSA) is 73.8 Å². The van der Waals surface area contributed by atoms with E-state index in [2.05, 4.69) is 10.1 Å². The molecule has 6 heteroatoms. The summed E-state index contributed by atoms with van der Waals surface area (Å²) < 4.78 is 16.0. The standard InChI is InChI=1S/C11H19N3O3/c1-15-10-6-14(7-11(10)16-2)5-9-3-8(4-12)13-17-9/h3,10-11H,4-7,12H2,1-2H3. The lowest BCUT2D eigenvalue weighted by molar-refractivity contribution is -0.00461. The van der Waals surface area contributed by atoms with Gasteiger partial charge in [-0.25, -0.2) is 0 Å². The highest BCUT2D eigenvalue weighted by molar-refractivity contribution is 5.05. The lowest BCUT2D eigenvalue weighted by Crippen LogP contribution is -2.27. The van der Waals surface area contributed by atoms with Gasteiger partial charge in [-0.3, -0.25) is 4.90 Å². The van der Waals surface area contributed by atoms with E-state index in [0.717, 1.165) is 24.5 Å². The number of aromatic nitrogens is 1. The first-order valence-electron chi connectivity index (χ1n) is 5.69. The minimum Gasteiger partial charge on any atom is -0.377 e. The molecule has 0 spiro atoms. The first kappa shape index (κ1) is 12.5. The van der Waals surface area contributed by atoms with Gasteiger partial charge in [0.15, 0.2) is 5.76 Å². The van der Waals surface area contributed by atoms with E-state index in [0.29, 0.717) is 13.1 Å². The van der Waals surface area contributed by atoms with Gasteiger partial charge in [-0.05, 0) is 0 Å². The van der Waals surface area contributed by atoms with Crippen LogP contribution in [0.5, 0.6) is 0 Å². The maximum absolute atomic E-state index is 5.48. The molecule has 2 unspecified atom stereocenters. The Bertz CT molecular complexity index is 343. The average molecular weight is 241 g/mol. The summed E-state index contributed by atoms with van der Waals surface area (Å²) in [4.78, 5) is 2.23. The zero-order valence-corrected chi connectivity index (χ0v) is 10.3. The van der Waals surface area contributed by atoms with Crippen LogP contribution in [0.15, 0.2) is 10.6 Å². The smallest absolute Gasteiger partial charge is 0.151 e. The van der Waals surface area contributed by atoms with Crippen LogP contribution in [0.25, 0.3) is 0 Å². The third-order valence-corrected chi connectivity index (χ3v) is 3.09. The van der Waals surface area contributed by atoms with Crippen LogP contribution in [0.3, 0.4) is 0 Å². The summed E-state index contributed by atoms with van der Waals surface area (Å²) in [5, 5.41) is 3.87. The van der Waals surface area contributed by atoms with Crippen LogP contribution in [0.1, 0.15) is 11.5 Å². The fourth-order valence-corrected chi connectivity index (χ4v) is 2.15. The van der Waals surface area contributed by atoms with Crippen molar-refractivity contribution in [2.45, 2.75) is 25.3 Å². The van der Waals surface area contributed by atoms with Gasteiger partial charge < -0.3 is 19.7 Å². The molecule has 2 heterocycles. The molecule has 6 nitrogen and oxygen atoms in total. The molecular formula is C11H19N3O3. The van der Waals surface area contributed by atoms with Crippen molar-refractivity contribution in [3.63, 3.8) is 0 Å². The minimum atomic E-state index is 0.122. The summed E-state index contributed by atoms with van der Waals surface area (Å²) in [6.45, 7) is 2.80. The molecule has 2 rings (SSSR count). The molecule has 0 saturated carbocycles. The van der Waals surface area contributed by atoms with Gasteiger partial charge in [0.25, 0.3) is 0 Å². The van der Waals surface area contributed by atoms with Crippen LogP contribution in [-0.2, 0) is 22.6 Å². The monoisotopic (exact) mass is 241 g/mol. The molecule has 1 aliphatic heterocycles. The van der Waals surface area contributed by atoms with E-state index in [1.54, 1.807) is 14.2 Å². The molecule has 17 heavy (non-hydrogen) atoms. The fraction of sp³-hybridized carbons (Fsp3) is 0.727. The van der Waals surface area contributed by atoms with E-state index in [9.17, 15) is 0 Å². The number of hydrogen-bond acceptors (Lipinski definition) is 6. The van der Waals surface area contributed by atoms with Gasteiger partial charge in [-0.2, -0.15) is 0 Å². The molecule has 1 aromatic rings. The van der Waals surface area contributed by atoms with Crippen molar-refractivity contribution in [3.8, 4) is 0 Å². The van der Waals surface area contributed by atoms with Gasteiger partial charge in [-0.15, -0.1) is 0 Å². The number of likely N-dealkylation sites (tertiary alicyclic amines) is 1. The Morgan fingerprint density at radius 3 is 2.53 bits per heavy atom. The third kappa shape index (κ3) is 2.84. The molecule has 2 N–H and O–H groups in total. The highest BCUT2D eigenvalue weighted by atomic mass is 16.5. The highest BCUT2D eigenvalue weighted by Crippen LogP contribution is 2.18. The minimum absolute atomic E-state index is 0.122. The summed E-state index contributed by atoms with van der Waals surface area (Å²) in [6, 6.07) is 1.89. The quantitative estimate of drug-likeness (QED) is 0.781. The molecule has 1 aliphatic rings. The van der Waals surface area contributed by atoms with Crippen LogP contribution in [0.2, 0.25) is 0 Å². The Morgan fingerprint density at radius 1 is 1.41 bits per heavy atom. The Balaban J connectivity index is 1.92. The second kappa shape index (κ2) is 5.59. The van der Waals surface area contributed by atoms with Crippen molar-refractivity contribution in [2.75, 3.05) is 27.3 Å². The summed E-state index contributed by atoms with van der Waals surface area (Å²) in [5.74, 6) is 0.831. The number of hydrogen-bond donors (Lipinski definition) is 1. The number of methoxy groups -OCH3 is 2. The van der Waals surface area contributed by atoms with E-state index in [-0.39, 0.29) is 12.2 Å². The largest absolute Gasteiger partial charge is 0.377 e. The van der Waals surface area contributed by atoms with Crippen molar-refractivity contribution in [2.24, 2.45) is 5.73 Å². The van der Waals surface area contributed by atoms with E-state index in [4.69, 9.17) is 19.7 Å². The zero-order chi connectivity index (χ0) is 12.3. The third-order valence-electron chi connectivity index (χ3n) is 3.09. The molecule has 1 saturated heterocycles. The van der Waals surface area contributed by atoms with E-state index in [1.807, 2.05) is 6.07 Å². The van der Waals surface area contributed by atoms with Crippen molar-refractivity contribution in [1.82, 2.24) is 10.1 Å². The van der Waals surface area contributed by atoms with Crippen molar-refractivity contribution < 1.29 is 14.0 Å². The maximum atomic E-state index is 5.48. The van der Waals surface area contributed by atoms with Gasteiger partial charge in [0, 0.05) is 39.9 Å². The SMILES string of the molecule is COC1CN(Cc2cc(CN)no2)CC1OC. The molecule has 0 aromatic carbocycles. The molecule has 96 valence electrons. The van der Waals surface area contributed by atoms with Gasteiger partial charge in [0.2, 0.25) is 0 Å². The molecular weight excluding hydrogens is 222 g/mol. The number of rotatable bonds is 5. The van der Waals surface area contributed by atoms with Crippen LogP contribution >= 0.6 is 0 Å². The Labute approximate surface area is 101 Å². The summed E-state index contributed by atoms with van der Waals surface area (Å²) in [5.41, 5.74) is 6.27. The Hall–Kier alpha value is -0.950. The molecule has 0 radical (unpaired) electrons. The van der Waals surface area contributed by atoms with E-state index >= 15 is 0 Å².